The van der Waals surface area contributed by atoms with E-state index in [-0.39, 0.29) is 11.7 Å². The first-order valence-corrected chi connectivity index (χ1v) is 8.59. The molecule has 3 nitrogen and oxygen atoms in total. The van der Waals surface area contributed by atoms with E-state index in [9.17, 15) is 9.18 Å². The summed E-state index contributed by atoms with van der Waals surface area (Å²) in [6.07, 6.45) is 5.66. The third-order valence-electron chi connectivity index (χ3n) is 3.98. The number of hydrogen-bond acceptors (Lipinski definition) is 3. The predicted octanol–water partition coefficient (Wildman–Crippen LogP) is 3.94. The van der Waals surface area contributed by atoms with Gasteiger partial charge in [-0.1, -0.05) is 25.0 Å². The number of carbonyl (C=O) groups excluding carboxylic acids is 1. The minimum absolute atomic E-state index is 0.0901. The third-order valence-corrected chi connectivity index (χ3v) is 4.91. The standard InChI is InChI=1S/C17H19FN2OS/c18-15-8-4-3-7-14(15)17-20-13(11-22-17)9-10-16(21)19-12-5-1-2-6-12/h3-4,7-8,11-12H,1-2,5-6,9-10H2,(H,19,21). The maximum absolute atomic E-state index is 13.7. The minimum Gasteiger partial charge on any atom is -0.353 e. The first-order chi connectivity index (χ1) is 10.7. The average molecular weight is 318 g/mol. The number of thiazole rings is 1. The van der Waals surface area contributed by atoms with Gasteiger partial charge in [0.25, 0.3) is 0 Å². The van der Waals surface area contributed by atoms with Crippen molar-refractivity contribution >= 4 is 17.2 Å². The van der Waals surface area contributed by atoms with E-state index in [1.54, 1.807) is 18.2 Å². The van der Waals surface area contributed by atoms with Crippen LogP contribution in [0.15, 0.2) is 29.6 Å². The van der Waals surface area contributed by atoms with Gasteiger partial charge in [-0.25, -0.2) is 9.37 Å². The van der Waals surface area contributed by atoms with Crippen LogP contribution in [-0.4, -0.2) is 16.9 Å². The Kier molecular flexibility index (Phi) is 4.83. The summed E-state index contributed by atoms with van der Waals surface area (Å²) in [5.41, 5.74) is 1.37. The summed E-state index contributed by atoms with van der Waals surface area (Å²) in [4.78, 5) is 16.4. The SMILES string of the molecule is O=C(CCc1csc(-c2ccccc2F)n1)NC1CCCC1. The van der Waals surface area contributed by atoms with Crippen LogP contribution < -0.4 is 5.32 Å². The molecule has 0 aliphatic heterocycles. The molecule has 0 spiro atoms. The maximum Gasteiger partial charge on any atom is 0.220 e. The van der Waals surface area contributed by atoms with Crippen LogP contribution in [0.1, 0.15) is 37.8 Å². The Morgan fingerprint density at radius 2 is 2.09 bits per heavy atom. The van der Waals surface area contributed by atoms with E-state index in [1.807, 2.05) is 5.38 Å². The van der Waals surface area contributed by atoms with Gasteiger partial charge >= 0.3 is 0 Å². The van der Waals surface area contributed by atoms with Crippen molar-refractivity contribution in [1.82, 2.24) is 10.3 Å². The molecule has 1 aliphatic rings. The van der Waals surface area contributed by atoms with Gasteiger partial charge in [-0.05, 0) is 31.4 Å². The Balaban J connectivity index is 1.55. The summed E-state index contributed by atoms with van der Waals surface area (Å²) in [7, 11) is 0. The lowest BCUT2D eigenvalue weighted by Crippen LogP contribution is -2.32. The third kappa shape index (κ3) is 3.71. The van der Waals surface area contributed by atoms with Crippen molar-refractivity contribution in [3.63, 3.8) is 0 Å². The van der Waals surface area contributed by atoms with Gasteiger partial charge in [0.1, 0.15) is 10.8 Å². The van der Waals surface area contributed by atoms with Crippen LogP contribution in [0.3, 0.4) is 0 Å². The summed E-state index contributed by atoms with van der Waals surface area (Å²) in [5, 5.41) is 5.65. The number of carbonyl (C=O) groups is 1. The zero-order chi connectivity index (χ0) is 15.4. The van der Waals surface area contributed by atoms with Gasteiger partial charge in [0.05, 0.1) is 5.69 Å². The van der Waals surface area contributed by atoms with Crippen molar-refractivity contribution in [2.75, 3.05) is 0 Å². The molecule has 1 aromatic heterocycles. The van der Waals surface area contributed by atoms with Crippen molar-refractivity contribution in [3.05, 3.63) is 41.2 Å². The average Bonchev–Trinajstić information content (AvgIpc) is 3.17. The van der Waals surface area contributed by atoms with E-state index in [1.165, 1.54) is 30.2 Å². The van der Waals surface area contributed by atoms with Crippen molar-refractivity contribution in [3.8, 4) is 10.6 Å². The Labute approximate surface area is 133 Å². The van der Waals surface area contributed by atoms with Crippen LogP contribution in [-0.2, 0) is 11.2 Å². The molecule has 1 heterocycles. The molecule has 1 aromatic carbocycles. The molecule has 5 heteroatoms. The van der Waals surface area contributed by atoms with E-state index in [0.717, 1.165) is 18.5 Å². The molecule has 116 valence electrons. The van der Waals surface area contributed by atoms with Gasteiger partial charge in [0, 0.05) is 23.4 Å². The van der Waals surface area contributed by atoms with Gasteiger partial charge in [-0.3, -0.25) is 4.79 Å². The maximum atomic E-state index is 13.7. The zero-order valence-corrected chi connectivity index (χ0v) is 13.2. The van der Waals surface area contributed by atoms with Crippen molar-refractivity contribution in [2.45, 2.75) is 44.6 Å². The molecule has 0 radical (unpaired) electrons. The summed E-state index contributed by atoms with van der Waals surface area (Å²) in [5.74, 6) is -0.172. The van der Waals surface area contributed by atoms with Gasteiger partial charge < -0.3 is 5.32 Å². The first-order valence-electron chi connectivity index (χ1n) is 7.71. The second-order valence-electron chi connectivity index (χ2n) is 5.67. The lowest BCUT2D eigenvalue weighted by atomic mass is 10.2. The van der Waals surface area contributed by atoms with Crippen molar-refractivity contribution in [1.29, 1.82) is 0 Å². The monoisotopic (exact) mass is 318 g/mol. The Morgan fingerprint density at radius 3 is 2.86 bits per heavy atom. The number of nitrogens with zero attached hydrogens (tertiary/aromatic N) is 1. The van der Waals surface area contributed by atoms with Crippen LogP contribution in [0.4, 0.5) is 4.39 Å². The highest BCUT2D eigenvalue weighted by atomic mass is 32.1. The Bertz CT molecular complexity index is 650. The number of amides is 1. The molecule has 1 amide bonds. The van der Waals surface area contributed by atoms with E-state index in [2.05, 4.69) is 10.3 Å². The Hall–Kier alpha value is -1.75. The summed E-state index contributed by atoms with van der Waals surface area (Å²) in [6, 6.07) is 6.99. The Morgan fingerprint density at radius 1 is 1.32 bits per heavy atom. The number of aryl methyl sites for hydroxylation is 1. The van der Waals surface area contributed by atoms with Crippen LogP contribution in [0, 0.1) is 5.82 Å². The fourth-order valence-electron chi connectivity index (χ4n) is 2.79. The van der Waals surface area contributed by atoms with Gasteiger partial charge in [-0.2, -0.15) is 0 Å². The molecule has 0 saturated heterocycles. The second kappa shape index (κ2) is 7.01. The molecule has 3 rings (SSSR count). The molecule has 22 heavy (non-hydrogen) atoms. The lowest BCUT2D eigenvalue weighted by Gasteiger charge is -2.11. The van der Waals surface area contributed by atoms with Gasteiger partial charge in [-0.15, -0.1) is 11.3 Å². The highest BCUT2D eigenvalue weighted by Crippen LogP contribution is 2.26. The topological polar surface area (TPSA) is 42.0 Å². The largest absolute Gasteiger partial charge is 0.353 e. The molecule has 1 aliphatic carbocycles. The molecule has 0 bridgehead atoms. The molecular weight excluding hydrogens is 299 g/mol. The van der Waals surface area contributed by atoms with Crippen molar-refractivity contribution in [2.24, 2.45) is 0 Å². The molecular formula is C17H19FN2OS. The highest BCUT2D eigenvalue weighted by Gasteiger charge is 2.17. The number of benzene rings is 1. The molecule has 1 saturated carbocycles. The summed E-state index contributed by atoms with van der Waals surface area (Å²) < 4.78 is 13.7. The smallest absolute Gasteiger partial charge is 0.220 e. The van der Waals surface area contributed by atoms with E-state index in [4.69, 9.17) is 0 Å². The molecule has 2 aromatic rings. The van der Waals surface area contributed by atoms with E-state index < -0.39 is 0 Å². The van der Waals surface area contributed by atoms with Crippen LogP contribution in [0.25, 0.3) is 10.6 Å². The van der Waals surface area contributed by atoms with Crippen molar-refractivity contribution < 1.29 is 9.18 Å². The highest BCUT2D eigenvalue weighted by molar-refractivity contribution is 7.13. The lowest BCUT2D eigenvalue weighted by molar-refractivity contribution is -0.121. The molecule has 0 atom stereocenters. The quantitative estimate of drug-likeness (QED) is 0.907. The molecule has 0 unspecified atom stereocenters. The normalized spacial score (nSPS) is 15.1. The fraction of sp³-hybridized carbons (Fsp3) is 0.412. The van der Waals surface area contributed by atoms with Crippen LogP contribution in [0.2, 0.25) is 0 Å². The predicted molar refractivity (Wildman–Crippen MR) is 86.2 cm³/mol. The van der Waals surface area contributed by atoms with E-state index >= 15 is 0 Å². The van der Waals surface area contributed by atoms with Crippen LogP contribution >= 0.6 is 11.3 Å². The van der Waals surface area contributed by atoms with Gasteiger partial charge in [0.15, 0.2) is 0 Å². The first kappa shape index (κ1) is 15.2. The molecule has 1 fully saturated rings. The number of nitrogens with one attached hydrogen (secondary N) is 1. The van der Waals surface area contributed by atoms with Crippen LogP contribution in [0.5, 0.6) is 0 Å². The number of aromatic nitrogens is 1. The number of hydrogen-bond donors (Lipinski definition) is 1. The summed E-state index contributed by atoms with van der Waals surface area (Å²) >= 11 is 1.42. The molecule has 1 N–H and O–H groups in total. The minimum atomic E-state index is -0.262. The zero-order valence-electron chi connectivity index (χ0n) is 12.3. The second-order valence-corrected chi connectivity index (χ2v) is 6.53. The number of rotatable bonds is 5. The summed E-state index contributed by atoms with van der Waals surface area (Å²) in [6.45, 7) is 0. The number of halogens is 1. The van der Waals surface area contributed by atoms with E-state index in [0.29, 0.717) is 29.5 Å². The fourth-order valence-corrected chi connectivity index (χ4v) is 3.67. The van der Waals surface area contributed by atoms with Gasteiger partial charge in [0.2, 0.25) is 5.91 Å².